The standard InChI is InChI=1S/C18H23N3O2/c1-13-6-7-15(18(19)23)12-21(13)17(22)9-11-20-10-8-14-4-2-3-5-16(14)20/h2-5,8,10,13,15H,6-7,9,11-12H2,1H3,(H2,19,23)/t13-,15-/m1/s1. The van der Waals surface area contributed by atoms with Crippen LogP contribution in [0.4, 0.5) is 0 Å². The summed E-state index contributed by atoms with van der Waals surface area (Å²) in [5.41, 5.74) is 6.55. The topological polar surface area (TPSA) is 68.3 Å². The van der Waals surface area contributed by atoms with Gasteiger partial charge in [0.05, 0.1) is 5.92 Å². The summed E-state index contributed by atoms with van der Waals surface area (Å²) < 4.78 is 2.10. The molecule has 2 aromatic rings. The van der Waals surface area contributed by atoms with E-state index in [1.807, 2.05) is 30.2 Å². The molecule has 2 N–H and O–H groups in total. The molecule has 23 heavy (non-hydrogen) atoms. The number of rotatable bonds is 4. The maximum absolute atomic E-state index is 12.6. The van der Waals surface area contributed by atoms with E-state index >= 15 is 0 Å². The highest BCUT2D eigenvalue weighted by Gasteiger charge is 2.31. The second kappa shape index (κ2) is 6.44. The van der Waals surface area contributed by atoms with Gasteiger partial charge in [0.15, 0.2) is 0 Å². The third-order valence-electron chi connectivity index (χ3n) is 4.85. The Hall–Kier alpha value is -2.30. The normalized spacial score (nSPS) is 21.5. The number of benzene rings is 1. The van der Waals surface area contributed by atoms with E-state index in [0.717, 1.165) is 18.4 Å². The van der Waals surface area contributed by atoms with Crippen molar-refractivity contribution < 1.29 is 9.59 Å². The molecular weight excluding hydrogens is 290 g/mol. The van der Waals surface area contributed by atoms with E-state index in [-0.39, 0.29) is 23.8 Å². The maximum atomic E-state index is 12.6. The molecule has 122 valence electrons. The molecule has 3 rings (SSSR count). The largest absolute Gasteiger partial charge is 0.369 e. The van der Waals surface area contributed by atoms with Gasteiger partial charge in [-0.3, -0.25) is 9.59 Å². The highest BCUT2D eigenvalue weighted by atomic mass is 16.2. The van der Waals surface area contributed by atoms with Gasteiger partial charge >= 0.3 is 0 Å². The SMILES string of the molecule is C[C@@H]1CC[C@@H](C(N)=O)CN1C(=O)CCn1ccc2ccccc21. The van der Waals surface area contributed by atoms with Crippen LogP contribution in [-0.4, -0.2) is 33.9 Å². The molecule has 0 unspecified atom stereocenters. The number of piperidine rings is 1. The van der Waals surface area contributed by atoms with Crippen LogP contribution in [0.5, 0.6) is 0 Å². The molecule has 0 bridgehead atoms. The smallest absolute Gasteiger partial charge is 0.224 e. The predicted octanol–water partition coefficient (Wildman–Crippen LogP) is 2.14. The van der Waals surface area contributed by atoms with Crippen LogP contribution in [0.1, 0.15) is 26.2 Å². The molecule has 0 saturated carbocycles. The third kappa shape index (κ3) is 3.23. The molecule has 5 nitrogen and oxygen atoms in total. The first kappa shape index (κ1) is 15.6. The van der Waals surface area contributed by atoms with Crippen molar-refractivity contribution in [3.8, 4) is 0 Å². The van der Waals surface area contributed by atoms with Crippen LogP contribution in [0.2, 0.25) is 0 Å². The first-order chi connectivity index (χ1) is 11.1. The number of para-hydroxylation sites is 1. The molecule has 2 heterocycles. The predicted molar refractivity (Wildman–Crippen MR) is 89.6 cm³/mol. The van der Waals surface area contributed by atoms with Crippen LogP contribution in [0.25, 0.3) is 10.9 Å². The fourth-order valence-corrected chi connectivity index (χ4v) is 3.38. The molecule has 1 fully saturated rings. The van der Waals surface area contributed by atoms with Crippen molar-refractivity contribution in [2.45, 2.75) is 38.8 Å². The summed E-state index contributed by atoms with van der Waals surface area (Å²) >= 11 is 0. The lowest BCUT2D eigenvalue weighted by Crippen LogP contribution is -2.48. The zero-order chi connectivity index (χ0) is 16.4. The molecule has 0 spiro atoms. The second-order valence-corrected chi connectivity index (χ2v) is 6.39. The molecule has 2 atom stereocenters. The first-order valence-corrected chi connectivity index (χ1v) is 8.19. The maximum Gasteiger partial charge on any atom is 0.224 e. The first-order valence-electron chi connectivity index (χ1n) is 8.19. The Balaban J connectivity index is 1.65. The van der Waals surface area contributed by atoms with E-state index in [4.69, 9.17) is 5.73 Å². The van der Waals surface area contributed by atoms with Gasteiger partial charge in [0.1, 0.15) is 0 Å². The van der Waals surface area contributed by atoms with E-state index in [1.54, 1.807) is 0 Å². The number of nitrogens with two attached hydrogens (primary N) is 1. The fourth-order valence-electron chi connectivity index (χ4n) is 3.38. The number of primary amides is 1. The van der Waals surface area contributed by atoms with Gasteiger partial charge < -0.3 is 15.2 Å². The summed E-state index contributed by atoms with van der Waals surface area (Å²) in [4.78, 5) is 25.8. The summed E-state index contributed by atoms with van der Waals surface area (Å²) in [5.74, 6) is -0.408. The average molecular weight is 313 g/mol. The van der Waals surface area contributed by atoms with Gasteiger partial charge in [0.25, 0.3) is 0 Å². The highest BCUT2D eigenvalue weighted by molar-refractivity contribution is 5.82. The highest BCUT2D eigenvalue weighted by Crippen LogP contribution is 2.23. The van der Waals surface area contributed by atoms with Gasteiger partial charge in [-0.25, -0.2) is 0 Å². The van der Waals surface area contributed by atoms with E-state index in [2.05, 4.69) is 22.8 Å². The number of aromatic nitrogens is 1. The zero-order valence-electron chi connectivity index (χ0n) is 13.4. The van der Waals surface area contributed by atoms with E-state index in [0.29, 0.717) is 19.5 Å². The fraction of sp³-hybridized carbons (Fsp3) is 0.444. The molecule has 0 aliphatic carbocycles. The lowest BCUT2D eigenvalue weighted by molar-refractivity contribution is -0.137. The Kier molecular flexibility index (Phi) is 4.37. The minimum Gasteiger partial charge on any atom is -0.369 e. The lowest BCUT2D eigenvalue weighted by Gasteiger charge is -2.37. The summed E-state index contributed by atoms with van der Waals surface area (Å²) in [6.07, 6.45) is 4.08. The zero-order valence-corrected chi connectivity index (χ0v) is 13.4. The minimum atomic E-state index is -0.300. The second-order valence-electron chi connectivity index (χ2n) is 6.39. The average Bonchev–Trinajstić information content (AvgIpc) is 2.96. The monoisotopic (exact) mass is 313 g/mol. The Morgan fingerprint density at radius 2 is 2.00 bits per heavy atom. The summed E-state index contributed by atoms with van der Waals surface area (Å²) in [6.45, 7) is 3.15. The van der Waals surface area contributed by atoms with Crippen molar-refractivity contribution >= 4 is 22.7 Å². The van der Waals surface area contributed by atoms with Gasteiger partial charge in [0, 0.05) is 37.3 Å². The summed E-state index contributed by atoms with van der Waals surface area (Å²) in [7, 11) is 0. The third-order valence-corrected chi connectivity index (χ3v) is 4.85. The molecule has 1 aromatic heterocycles. The number of carbonyl (C=O) groups excluding carboxylic acids is 2. The molecule has 0 radical (unpaired) electrons. The van der Waals surface area contributed by atoms with Crippen LogP contribution < -0.4 is 5.73 Å². The quantitative estimate of drug-likeness (QED) is 0.939. The van der Waals surface area contributed by atoms with Crippen LogP contribution in [0.3, 0.4) is 0 Å². The van der Waals surface area contributed by atoms with Crippen molar-refractivity contribution in [2.24, 2.45) is 11.7 Å². The van der Waals surface area contributed by atoms with E-state index in [9.17, 15) is 9.59 Å². The molecular formula is C18H23N3O2. The van der Waals surface area contributed by atoms with Gasteiger partial charge in [-0.15, -0.1) is 0 Å². The molecule has 1 saturated heterocycles. The number of hydrogen-bond acceptors (Lipinski definition) is 2. The number of nitrogens with zero attached hydrogens (tertiary/aromatic N) is 2. The van der Waals surface area contributed by atoms with Crippen LogP contribution in [0, 0.1) is 5.92 Å². The van der Waals surface area contributed by atoms with Crippen molar-refractivity contribution in [3.05, 3.63) is 36.5 Å². The van der Waals surface area contributed by atoms with E-state index in [1.165, 1.54) is 5.39 Å². The summed E-state index contributed by atoms with van der Waals surface area (Å²) in [6, 6.07) is 10.4. The van der Waals surface area contributed by atoms with Crippen molar-refractivity contribution in [2.75, 3.05) is 6.54 Å². The van der Waals surface area contributed by atoms with Crippen molar-refractivity contribution in [3.63, 3.8) is 0 Å². The molecule has 1 aromatic carbocycles. The molecule has 5 heteroatoms. The number of likely N-dealkylation sites (tertiary alicyclic amines) is 1. The van der Waals surface area contributed by atoms with Gasteiger partial charge in [-0.05, 0) is 37.3 Å². The van der Waals surface area contributed by atoms with Crippen LogP contribution >= 0.6 is 0 Å². The van der Waals surface area contributed by atoms with Crippen molar-refractivity contribution in [1.82, 2.24) is 9.47 Å². The van der Waals surface area contributed by atoms with Crippen LogP contribution in [-0.2, 0) is 16.1 Å². The van der Waals surface area contributed by atoms with Gasteiger partial charge in [0.2, 0.25) is 11.8 Å². The number of carbonyl (C=O) groups is 2. The lowest BCUT2D eigenvalue weighted by atomic mass is 9.92. The number of fused-ring (bicyclic) bond motifs is 1. The number of hydrogen-bond donors (Lipinski definition) is 1. The van der Waals surface area contributed by atoms with Gasteiger partial charge in [-0.1, -0.05) is 18.2 Å². The Labute approximate surface area is 136 Å². The van der Waals surface area contributed by atoms with E-state index < -0.39 is 0 Å². The Morgan fingerprint density at radius 1 is 1.22 bits per heavy atom. The number of aryl methyl sites for hydroxylation is 1. The molecule has 1 aliphatic rings. The Bertz CT molecular complexity index is 722. The summed E-state index contributed by atoms with van der Waals surface area (Å²) in [5, 5.41) is 1.18. The Morgan fingerprint density at radius 3 is 2.78 bits per heavy atom. The number of amides is 2. The van der Waals surface area contributed by atoms with Crippen LogP contribution in [0.15, 0.2) is 36.5 Å². The molecule has 1 aliphatic heterocycles. The van der Waals surface area contributed by atoms with Gasteiger partial charge in [-0.2, -0.15) is 0 Å². The van der Waals surface area contributed by atoms with Crippen molar-refractivity contribution in [1.29, 1.82) is 0 Å². The minimum absolute atomic E-state index is 0.0984. The molecule has 2 amide bonds.